The Morgan fingerprint density at radius 3 is 2.75 bits per heavy atom. The number of carbonyl (C=O) groups excluding carboxylic acids is 1. The number of aromatic carboxylic acids is 1. The molecule has 7 heteroatoms. The molecule has 0 fully saturated rings. The van der Waals surface area contributed by atoms with Gasteiger partial charge in [-0.05, 0) is 29.3 Å². The van der Waals surface area contributed by atoms with Gasteiger partial charge >= 0.3 is 5.97 Å². The highest BCUT2D eigenvalue weighted by Gasteiger charge is 2.29. The predicted molar refractivity (Wildman–Crippen MR) is 83.1 cm³/mol. The van der Waals surface area contributed by atoms with Crippen LogP contribution in [0, 0.1) is 5.82 Å². The molecule has 1 atom stereocenters. The van der Waals surface area contributed by atoms with Gasteiger partial charge in [-0.3, -0.25) is 4.79 Å². The molecule has 2 aromatic rings. The number of halogens is 1. The Morgan fingerprint density at radius 1 is 1.33 bits per heavy atom. The summed E-state index contributed by atoms with van der Waals surface area (Å²) in [4.78, 5) is 23.2. The van der Waals surface area contributed by atoms with Crippen molar-refractivity contribution < 1.29 is 28.9 Å². The lowest BCUT2D eigenvalue weighted by atomic mass is 9.83. The van der Waals surface area contributed by atoms with Crippen LogP contribution in [-0.4, -0.2) is 29.2 Å². The standard InChI is InChI=1S/C17H14FNO5/c1-24-15-4-8(2-3-12(15)18)9-6-16(21)19-13-7-14(20)11(17(22)23)5-10(9)13/h2-5,7,9,20H,6H2,1H3,(H,19,21)(H,22,23)/t9-/m0/s1. The molecule has 0 saturated heterocycles. The molecular weight excluding hydrogens is 317 g/mol. The van der Waals surface area contributed by atoms with E-state index >= 15 is 0 Å². The van der Waals surface area contributed by atoms with Gasteiger partial charge in [0.2, 0.25) is 5.91 Å². The van der Waals surface area contributed by atoms with Crippen LogP contribution in [0.2, 0.25) is 0 Å². The van der Waals surface area contributed by atoms with E-state index in [0.29, 0.717) is 16.8 Å². The van der Waals surface area contributed by atoms with Gasteiger partial charge in [0.15, 0.2) is 11.6 Å². The lowest BCUT2D eigenvalue weighted by Gasteiger charge is -2.27. The van der Waals surface area contributed by atoms with Crippen molar-refractivity contribution in [2.24, 2.45) is 0 Å². The third-order valence-corrected chi connectivity index (χ3v) is 4.01. The van der Waals surface area contributed by atoms with Crippen LogP contribution in [0.1, 0.15) is 33.8 Å². The molecule has 0 saturated carbocycles. The van der Waals surface area contributed by atoms with Crippen LogP contribution in [-0.2, 0) is 4.79 Å². The van der Waals surface area contributed by atoms with Gasteiger partial charge in [0.05, 0.1) is 7.11 Å². The Kier molecular flexibility index (Phi) is 3.84. The van der Waals surface area contributed by atoms with Crippen molar-refractivity contribution in [2.75, 3.05) is 12.4 Å². The third kappa shape index (κ3) is 2.64. The maximum absolute atomic E-state index is 13.6. The Bertz CT molecular complexity index is 849. The lowest BCUT2D eigenvalue weighted by molar-refractivity contribution is -0.116. The average Bonchev–Trinajstić information content (AvgIpc) is 2.53. The molecule has 0 bridgehead atoms. The molecule has 1 amide bonds. The second-order valence-corrected chi connectivity index (χ2v) is 5.46. The monoisotopic (exact) mass is 331 g/mol. The van der Waals surface area contributed by atoms with Gasteiger partial charge in [0.1, 0.15) is 11.3 Å². The number of aromatic hydroxyl groups is 1. The van der Waals surface area contributed by atoms with E-state index in [2.05, 4.69) is 5.32 Å². The molecule has 24 heavy (non-hydrogen) atoms. The van der Waals surface area contributed by atoms with Crippen LogP contribution in [0.25, 0.3) is 0 Å². The molecule has 0 spiro atoms. The third-order valence-electron chi connectivity index (χ3n) is 4.01. The van der Waals surface area contributed by atoms with Gasteiger partial charge < -0.3 is 20.3 Å². The summed E-state index contributed by atoms with van der Waals surface area (Å²) in [6.07, 6.45) is 0.0750. The number of rotatable bonds is 3. The largest absolute Gasteiger partial charge is 0.507 e. The molecule has 1 heterocycles. The smallest absolute Gasteiger partial charge is 0.339 e. The van der Waals surface area contributed by atoms with Crippen LogP contribution >= 0.6 is 0 Å². The zero-order chi connectivity index (χ0) is 17.4. The number of nitrogens with one attached hydrogen (secondary N) is 1. The number of ether oxygens (including phenoxy) is 1. The number of phenols is 1. The Balaban J connectivity index is 2.16. The van der Waals surface area contributed by atoms with Crippen molar-refractivity contribution in [1.82, 2.24) is 0 Å². The fourth-order valence-corrected chi connectivity index (χ4v) is 2.86. The van der Waals surface area contributed by atoms with Crippen LogP contribution in [0.3, 0.4) is 0 Å². The number of hydrogen-bond acceptors (Lipinski definition) is 4. The number of benzene rings is 2. The van der Waals surface area contributed by atoms with E-state index in [4.69, 9.17) is 4.74 Å². The SMILES string of the molecule is COc1cc([C@@H]2CC(=O)Nc3cc(O)c(C(=O)O)cc32)ccc1F. The van der Waals surface area contributed by atoms with Gasteiger partial charge in [-0.25, -0.2) is 9.18 Å². The van der Waals surface area contributed by atoms with Crippen molar-refractivity contribution in [3.05, 3.63) is 52.8 Å². The molecule has 0 aliphatic carbocycles. The molecule has 6 nitrogen and oxygen atoms in total. The number of carboxylic acid groups (broad SMARTS) is 1. The van der Waals surface area contributed by atoms with Crippen molar-refractivity contribution in [3.63, 3.8) is 0 Å². The highest BCUT2D eigenvalue weighted by Crippen LogP contribution is 2.41. The molecule has 3 rings (SSSR count). The van der Waals surface area contributed by atoms with E-state index in [0.717, 1.165) is 0 Å². The normalized spacial score (nSPS) is 16.2. The maximum Gasteiger partial charge on any atom is 0.339 e. The second-order valence-electron chi connectivity index (χ2n) is 5.46. The number of anilines is 1. The van der Waals surface area contributed by atoms with Crippen molar-refractivity contribution >= 4 is 17.6 Å². The molecule has 1 aliphatic rings. The van der Waals surface area contributed by atoms with E-state index in [9.17, 15) is 24.2 Å². The summed E-state index contributed by atoms with van der Waals surface area (Å²) >= 11 is 0. The first-order valence-electron chi connectivity index (χ1n) is 7.14. The molecular formula is C17H14FNO5. The van der Waals surface area contributed by atoms with Gasteiger partial charge in [-0.2, -0.15) is 0 Å². The number of hydrogen-bond donors (Lipinski definition) is 3. The minimum absolute atomic E-state index is 0.0391. The van der Waals surface area contributed by atoms with Crippen molar-refractivity contribution in [3.8, 4) is 11.5 Å². The fraction of sp³-hybridized carbons (Fsp3) is 0.176. The second kappa shape index (κ2) is 5.84. The van der Waals surface area contributed by atoms with E-state index in [-0.39, 0.29) is 23.6 Å². The van der Waals surface area contributed by atoms with E-state index in [1.54, 1.807) is 0 Å². The van der Waals surface area contributed by atoms with Crippen molar-refractivity contribution in [1.29, 1.82) is 0 Å². The van der Waals surface area contributed by atoms with E-state index < -0.39 is 23.5 Å². The summed E-state index contributed by atoms with van der Waals surface area (Å²) in [6.45, 7) is 0. The zero-order valence-electron chi connectivity index (χ0n) is 12.7. The summed E-state index contributed by atoms with van der Waals surface area (Å²) in [5, 5.41) is 21.6. The van der Waals surface area contributed by atoms with Gasteiger partial charge in [0, 0.05) is 24.1 Å². The van der Waals surface area contributed by atoms with Crippen LogP contribution in [0.15, 0.2) is 30.3 Å². The van der Waals surface area contributed by atoms with Gasteiger partial charge in [-0.15, -0.1) is 0 Å². The van der Waals surface area contributed by atoms with Crippen molar-refractivity contribution in [2.45, 2.75) is 12.3 Å². The minimum atomic E-state index is -1.28. The molecule has 0 aromatic heterocycles. The Labute approximate surface area is 136 Å². The Hall–Kier alpha value is -3.09. The summed E-state index contributed by atoms with van der Waals surface area (Å²) in [6, 6.07) is 6.78. The average molecular weight is 331 g/mol. The minimum Gasteiger partial charge on any atom is -0.507 e. The molecule has 3 N–H and O–H groups in total. The summed E-state index contributed by atoms with van der Waals surface area (Å²) in [7, 11) is 1.34. The predicted octanol–water partition coefficient (Wildman–Crippen LogP) is 2.71. The number of carboxylic acids is 1. The molecule has 0 unspecified atom stereocenters. The zero-order valence-corrected chi connectivity index (χ0v) is 12.7. The fourth-order valence-electron chi connectivity index (χ4n) is 2.86. The van der Waals surface area contributed by atoms with Gasteiger partial charge in [0.25, 0.3) is 0 Å². The number of methoxy groups -OCH3 is 1. The number of carbonyl (C=O) groups is 2. The quantitative estimate of drug-likeness (QED) is 0.804. The maximum atomic E-state index is 13.6. The summed E-state index contributed by atoms with van der Waals surface area (Å²) < 4.78 is 18.6. The first-order valence-corrected chi connectivity index (χ1v) is 7.14. The van der Waals surface area contributed by atoms with Gasteiger partial charge in [-0.1, -0.05) is 6.07 Å². The molecule has 2 aromatic carbocycles. The highest BCUT2D eigenvalue weighted by atomic mass is 19.1. The van der Waals surface area contributed by atoms with Crippen LogP contribution in [0.5, 0.6) is 11.5 Å². The topological polar surface area (TPSA) is 95.9 Å². The first-order chi connectivity index (χ1) is 11.4. The molecule has 0 radical (unpaired) electrons. The lowest BCUT2D eigenvalue weighted by Crippen LogP contribution is -2.24. The number of amides is 1. The van der Waals surface area contributed by atoms with Crippen LogP contribution < -0.4 is 10.1 Å². The summed E-state index contributed by atoms with van der Waals surface area (Å²) in [5.41, 5.74) is 1.23. The molecule has 124 valence electrons. The highest BCUT2D eigenvalue weighted by molar-refractivity contribution is 5.98. The Morgan fingerprint density at radius 2 is 2.08 bits per heavy atom. The number of fused-ring (bicyclic) bond motifs is 1. The van der Waals surface area contributed by atoms with Crippen LogP contribution in [0.4, 0.5) is 10.1 Å². The van der Waals surface area contributed by atoms with E-state index in [1.807, 2.05) is 0 Å². The molecule has 1 aliphatic heterocycles. The summed E-state index contributed by atoms with van der Waals surface area (Å²) in [5.74, 6) is -2.95. The first kappa shape index (κ1) is 15.8. The van der Waals surface area contributed by atoms with E-state index in [1.165, 1.54) is 37.4 Å².